The van der Waals surface area contributed by atoms with Crippen LogP contribution in [0.1, 0.15) is 26.2 Å². The number of hydrogen-bond donors (Lipinski definition) is 1. The first kappa shape index (κ1) is 16.6. The van der Waals surface area contributed by atoms with Crippen LogP contribution in [0.4, 0.5) is 5.69 Å². The fourth-order valence-corrected chi connectivity index (χ4v) is 3.82. The number of carbonyl (C=O) groups excluding carboxylic acids is 2. The summed E-state index contributed by atoms with van der Waals surface area (Å²) in [6.07, 6.45) is 2.07. The van der Waals surface area contributed by atoms with Crippen molar-refractivity contribution in [2.24, 2.45) is 11.3 Å². The van der Waals surface area contributed by atoms with E-state index in [4.69, 9.17) is 23.2 Å². The summed E-state index contributed by atoms with van der Waals surface area (Å²) in [5.41, 5.74) is 0.0594. The normalized spacial score (nSPS) is 29.0. The van der Waals surface area contributed by atoms with E-state index in [2.05, 4.69) is 5.32 Å². The highest BCUT2D eigenvalue weighted by Gasteiger charge is 2.68. The minimum atomic E-state index is -0.969. The number of piperidine rings is 1. The Kier molecular flexibility index (Phi) is 4.32. The summed E-state index contributed by atoms with van der Waals surface area (Å²) in [7, 11) is 0. The molecule has 1 saturated heterocycles. The van der Waals surface area contributed by atoms with Crippen LogP contribution in [0.3, 0.4) is 0 Å². The topological polar surface area (TPSA) is 49.4 Å². The summed E-state index contributed by atoms with van der Waals surface area (Å²) in [5, 5.41) is 2.91. The van der Waals surface area contributed by atoms with Crippen molar-refractivity contribution in [3.63, 3.8) is 0 Å². The molecule has 6 heteroatoms. The molecule has 1 heterocycles. The van der Waals surface area contributed by atoms with Gasteiger partial charge in [-0.05, 0) is 38.3 Å². The third-order valence-electron chi connectivity index (χ3n) is 4.85. The minimum Gasteiger partial charge on any atom is -0.341 e. The smallest absolute Gasteiger partial charge is 0.231 e. The van der Waals surface area contributed by atoms with Crippen molar-refractivity contribution in [2.75, 3.05) is 18.4 Å². The summed E-state index contributed by atoms with van der Waals surface area (Å²) in [4.78, 5) is 26.8. The summed E-state index contributed by atoms with van der Waals surface area (Å²) in [5.74, 6) is -0.285. The quantitative estimate of drug-likeness (QED) is 0.845. The van der Waals surface area contributed by atoms with Gasteiger partial charge in [0.2, 0.25) is 11.8 Å². The van der Waals surface area contributed by atoms with Gasteiger partial charge in [0.15, 0.2) is 0 Å². The van der Waals surface area contributed by atoms with Crippen LogP contribution in [0, 0.1) is 11.3 Å². The predicted molar refractivity (Wildman–Crippen MR) is 91.5 cm³/mol. The van der Waals surface area contributed by atoms with Gasteiger partial charge in [-0.3, -0.25) is 9.59 Å². The van der Waals surface area contributed by atoms with Gasteiger partial charge in [0.05, 0.1) is 11.3 Å². The van der Waals surface area contributed by atoms with Gasteiger partial charge in [-0.1, -0.05) is 18.2 Å². The zero-order chi connectivity index (χ0) is 16.7. The average Bonchev–Trinajstić information content (AvgIpc) is 3.07. The Balaban J connectivity index is 1.62. The number of hydrogen-bond acceptors (Lipinski definition) is 2. The van der Waals surface area contributed by atoms with Gasteiger partial charge in [-0.25, -0.2) is 0 Å². The number of nitrogens with zero attached hydrogens (tertiary/aromatic N) is 1. The van der Waals surface area contributed by atoms with E-state index in [1.54, 1.807) is 11.8 Å². The number of benzene rings is 1. The van der Waals surface area contributed by atoms with Gasteiger partial charge in [0.25, 0.3) is 0 Å². The van der Waals surface area contributed by atoms with E-state index in [9.17, 15) is 9.59 Å². The van der Waals surface area contributed by atoms with Crippen molar-refractivity contribution in [3.8, 4) is 0 Å². The van der Waals surface area contributed by atoms with E-state index < -0.39 is 9.75 Å². The second-order valence-electron chi connectivity index (χ2n) is 6.66. The Bertz CT molecular complexity index is 620. The standard InChI is InChI=1S/C17H20Cl2N2O2/c1-16(11-17(16,18)19)15(23)21-9-5-6-12(10-21)14(22)20-13-7-3-2-4-8-13/h2-4,7-8,12H,5-6,9-11H2,1H3,(H,20,22)/t12-,16+/m0/s1. The molecule has 1 aliphatic heterocycles. The fraction of sp³-hybridized carbons (Fsp3) is 0.529. The third-order valence-corrected chi connectivity index (χ3v) is 5.95. The lowest BCUT2D eigenvalue weighted by atomic mass is 9.95. The molecule has 4 nitrogen and oxygen atoms in total. The van der Waals surface area contributed by atoms with E-state index in [1.807, 2.05) is 30.3 Å². The summed E-state index contributed by atoms with van der Waals surface area (Å²) in [6.45, 7) is 2.88. The van der Waals surface area contributed by atoms with Crippen molar-refractivity contribution in [1.82, 2.24) is 4.90 Å². The second-order valence-corrected chi connectivity index (χ2v) is 8.14. The summed E-state index contributed by atoms with van der Waals surface area (Å²) >= 11 is 12.2. The van der Waals surface area contributed by atoms with E-state index in [-0.39, 0.29) is 17.7 Å². The average molecular weight is 355 g/mol. The predicted octanol–water partition coefficient (Wildman–Crippen LogP) is 3.45. The molecule has 2 amide bonds. The van der Waals surface area contributed by atoms with Gasteiger partial charge in [-0.15, -0.1) is 23.2 Å². The van der Waals surface area contributed by atoms with Gasteiger partial charge >= 0.3 is 0 Å². The van der Waals surface area contributed by atoms with Crippen LogP contribution in [-0.2, 0) is 9.59 Å². The molecular formula is C17H20Cl2N2O2. The first-order chi connectivity index (χ1) is 10.8. The molecule has 0 unspecified atom stereocenters. The molecule has 0 aromatic heterocycles. The molecule has 1 aromatic carbocycles. The summed E-state index contributed by atoms with van der Waals surface area (Å²) < 4.78 is -0.969. The maximum atomic E-state index is 12.6. The van der Waals surface area contributed by atoms with E-state index in [0.29, 0.717) is 19.5 Å². The monoisotopic (exact) mass is 354 g/mol. The molecule has 124 valence electrons. The third kappa shape index (κ3) is 3.20. The highest BCUT2D eigenvalue weighted by molar-refractivity contribution is 6.53. The molecule has 2 aliphatic rings. The number of carbonyl (C=O) groups is 2. The largest absolute Gasteiger partial charge is 0.341 e. The zero-order valence-electron chi connectivity index (χ0n) is 13.0. The van der Waals surface area contributed by atoms with E-state index in [0.717, 1.165) is 18.5 Å². The molecule has 1 saturated carbocycles. The Morgan fingerprint density at radius 1 is 1.26 bits per heavy atom. The molecule has 0 radical (unpaired) electrons. The number of para-hydroxylation sites is 1. The van der Waals surface area contributed by atoms with Crippen LogP contribution in [0.25, 0.3) is 0 Å². The minimum absolute atomic E-state index is 0.0419. The van der Waals surface area contributed by atoms with Crippen LogP contribution in [-0.4, -0.2) is 34.1 Å². The van der Waals surface area contributed by atoms with Gasteiger partial charge in [0.1, 0.15) is 4.33 Å². The Labute approximate surface area is 146 Å². The SMILES string of the molecule is C[C@]1(C(=O)N2CCC[C@H](C(=O)Nc3ccccc3)C2)CC1(Cl)Cl. The second kappa shape index (κ2) is 5.99. The molecular weight excluding hydrogens is 335 g/mol. The number of amides is 2. The van der Waals surface area contributed by atoms with Gasteiger partial charge in [-0.2, -0.15) is 0 Å². The molecule has 23 heavy (non-hydrogen) atoms. The van der Waals surface area contributed by atoms with E-state index >= 15 is 0 Å². The Morgan fingerprint density at radius 3 is 2.52 bits per heavy atom. The fourth-order valence-electron chi connectivity index (χ4n) is 3.12. The van der Waals surface area contributed by atoms with Gasteiger partial charge in [0, 0.05) is 18.8 Å². The Hall–Kier alpha value is -1.26. The number of alkyl halides is 2. The molecule has 2 atom stereocenters. The number of halogens is 2. The first-order valence-corrected chi connectivity index (χ1v) is 8.62. The molecule has 1 N–H and O–H groups in total. The maximum Gasteiger partial charge on any atom is 0.231 e. The molecule has 1 aliphatic carbocycles. The number of nitrogens with one attached hydrogen (secondary N) is 1. The lowest BCUT2D eigenvalue weighted by Gasteiger charge is -2.34. The molecule has 3 rings (SSSR count). The van der Waals surface area contributed by atoms with Crippen LogP contribution in [0.5, 0.6) is 0 Å². The Morgan fingerprint density at radius 2 is 1.91 bits per heavy atom. The van der Waals surface area contributed by atoms with Crippen molar-refractivity contribution >= 4 is 40.7 Å². The van der Waals surface area contributed by atoms with Gasteiger partial charge < -0.3 is 10.2 Å². The molecule has 1 aromatic rings. The zero-order valence-corrected chi connectivity index (χ0v) is 14.5. The van der Waals surface area contributed by atoms with E-state index in [1.165, 1.54) is 0 Å². The highest BCUT2D eigenvalue weighted by atomic mass is 35.5. The lowest BCUT2D eigenvalue weighted by molar-refractivity contribution is -0.139. The molecule has 0 spiro atoms. The highest BCUT2D eigenvalue weighted by Crippen LogP contribution is 2.64. The molecule has 0 bridgehead atoms. The summed E-state index contributed by atoms with van der Waals surface area (Å²) in [6, 6.07) is 9.35. The number of rotatable bonds is 3. The maximum absolute atomic E-state index is 12.6. The van der Waals surface area contributed by atoms with Crippen LogP contribution < -0.4 is 5.32 Å². The van der Waals surface area contributed by atoms with Crippen LogP contribution in [0.15, 0.2) is 30.3 Å². The first-order valence-electron chi connectivity index (χ1n) is 7.87. The lowest BCUT2D eigenvalue weighted by Crippen LogP contribution is -2.47. The van der Waals surface area contributed by atoms with Crippen LogP contribution in [0.2, 0.25) is 0 Å². The molecule has 2 fully saturated rings. The van der Waals surface area contributed by atoms with Crippen molar-refractivity contribution in [3.05, 3.63) is 30.3 Å². The number of anilines is 1. The van der Waals surface area contributed by atoms with Crippen molar-refractivity contribution < 1.29 is 9.59 Å². The van der Waals surface area contributed by atoms with Crippen LogP contribution >= 0.6 is 23.2 Å². The number of likely N-dealkylation sites (tertiary alicyclic amines) is 1. The van der Waals surface area contributed by atoms with Crippen molar-refractivity contribution in [1.29, 1.82) is 0 Å². The van der Waals surface area contributed by atoms with Crippen molar-refractivity contribution in [2.45, 2.75) is 30.5 Å².